The van der Waals surface area contributed by atoms with Gasteiger partial charge in [0.25, 0.3) is 5.91 Å². The molecule has 0 radical (unpaired) electrons. The number of hydrogen-bond donors (Lipinski definition) is 2. The first-order valence-corrected chi connectivity index (χ1v) is 17.8. The molecule has 1 spiro atoms. The maximum Gasteiger partial charge on any atom is 0.306 e. The number of amides is 3. The second kappa shape index (κ2) is 15.9. The lowest BCUT2D eigenvalue weighted by atomic mass is 9.70. The molecular formula is C39H48ClN3O7. The summed E-state index contributed by atoms with van der Waals surface area (Å²) < 4.78 is 12.2. The highest BCUT2D eigenvalue weighted by molar-refractivity contribution is 6.34. The number of rotatable bonds is 16. The second-order valence-corrected chi connectivity index (χ2v) is 14.3. The normalized spacial score (nSPS) is 24.8. The molecule has 2 aromatic carbocycles. The van der Waals surface area contributed by atoms with Crippen molar-refractivity contribution >= 4 is 41.0 Å². The summed E-state index contributed by atoms with van der Waals surface area (Å²) in [5, 5.41) is 14.1. The third-order valence-electron chi connectivity index (χ3n) is 10.1. The first kappa shape index (κ1) is 37.3. The highest BCUT2D eigenvalue weighted by atomic mass is 35.5. The zero-order chi connectivity index (χ0) is 36.2. The number of allylic oxidation sites excluding steroid dienone is 1. The number of aryl methyl sites for hydroxylation is 1. The van der Waals surface area contributed by atoms with Gasteiger partial charge in [-0.1, -0.05) is 80.1 Å². The summed E-state index contributed by atoms with van der Waals surface area (Å²) in [6.45, 7) is 13.0. The molecule has 0 aliphatic carbocycles. The molecular weight excluding hydrogens is 658 g/mol. The van der Waals surface area contributed by atoms with Gasteiger partial charge in [-0.25, -0.2) is 0 Å². The zero-order valence-corrected chi connectivity index (χ0v) is 29.8. The molecule has 2 aromatic rings. The summed E-state index contributed by atoms with van der Waals surface area (Å²) in [5.41, 5.74) is 0.700. The van der Waals surface area contributed by atoms with Gasteiger partial charge in [0.1, 0.15) is 18.2 Å². The highest BCUT2D eigenvalue weighted by Gasteiger charge is 2.75. The van der Waals surface area contributed by atoms with Crippen LogP contribution in [0.25, 0.3) is 0 Å². The summed E-state index contributed by atoms with van der Waals surface area (Å²) in [7, 11) is 0. The number of esters is 1. The van der Waals surface area contributed by atoms with E-state index in [1.165, 1.54) is 9.80 Å². The smallest absolute Gasteiger partial charge is 0.306 e. The highest BCUT2D eigenvalue weighted by Crippen LogP contribution is 2.59. The number of para-hydroxylation sites is 1. The van der Waals surface area contributed by atoms with Gasteiger partial charge in [-0.15, -0.1) is 13.2 Å². The summed E-state index contributed by atoms with van der Waals surface area (Å²) in [4.78, 5) is 59.6. The first-order chi connectivity index (χ1) is 24.0. The Morgan fingerprint density at radius 2 is 1.90 bits per heavy atom. The van der Waals surface area contributed by atoms with Gasteiger partial charge in [0.15, 0.2) is 0 Å². The number of aliphatic hydroxyl groups is 1. The van der Waals surface area contributed by atoms with Crippen LogP contribution in [-0.4, -0.2) is 77.2 Å². The van der Waals surface area contributed by atoms with Gasteiger partial charge in [-0.3, -0.25) is 19.2 Å². The van der Waals surface area contributed by atoms with Crippen LogP contribution >= 0.6 is 11.6 Å². The predicted molar refractivity (Wildman–Crippen MR) is 191 cm³/mol. The molecule has 3 aliphatic rings. The van der Waals surface area contributed by atoms with E-state index in [1.54, 1.807) is 24.3 Å². The van der Waals surface area contributed by atoms with Crippen LogP contribution in [0.2, 0.25) is 5.02 Å². The molecule has 0 saturated carbocycles. The number of ether oxygens (including phenoxy) is 2. The summed E-state index contributed by atoms with van der Waals surface area (Å²) in [6.07, 6.45) is 4.56. The summed E-state index contributed by atoms with van der Waals surface area (Å²) >= 11 is 6.69. The number of fused-ring (bicyclic) bond motifs is 1. The Kier molecular flexibility index (Phi) is 11.9. The molecule has 5 rings (SSSR count). The van der Waals surface area contributed by atoms with Crippen molar-refractivity contribution in [2.24, 2.45) is 17.8 Å². The van der Waals surface area contributed by atoms with E-state index >= 15 is 0 Å². The molecule has 268 valence electrons. The quantitative estimate of drug-likeness (QED) is 0.179. The molecule has 3 saturated heterocycles. The van der Waals surface area contributed by atoms with Crippen molar-refractivity contribution in [3.63, 3.8) is 0 Å². The molecule has 2 N–H and O–H groups in total. The third kappa shape index (κ3) is 7.11. The number of anilines is 1. The Bertz CT molecular complexity index is 1580. The zero-order valence-electron chi connectivity index (χ0n) is 29.1. The van der Waals surface area contributed by atoms with Gasteiger partial charge >= 0.3 is 5.97 Å². The van der Waals surface area contributed by atoms with Crippen LogP contribution < -0.4 is 10.2 Å². The molecule has 3 amide bonds. The molecule has 3 aliphatic heterocycles. The number of benzene rings is 2. The fourth-order valence-corrected chi connectivity index (χ4v) is 8.38. The number of hydrogen-bond acceptors (Lipinski definition) is 7. The van der Waals surface area contributed by atoms with Crippen molar-refractivity contribution < 1.29 is 33.8 Å². The second-order valence-electron chi connectivity index (χ2n) is 13.9. The van der Waals surface area contributed by atoms with Crippen LogP contribution in [0.15, 0.2) is 73.8 Å². The molecule has 2 bridgehead atoms. The van der Waals surface area contributed by atoms with Gasteiger partial charge < -0.3 is 29.7 Å². The van der Waals surface area contributed by atoms with E-state index < -0.39 is 65.4 Å². The lowest BCUT2D eigenvalue weighted by Gasteiger charge is -2.40. The van der Waals surface area contributed by atoms with E-state index in [2.05, 4.69) is 18.5 Å². The average Bonchev–Trinajstić information content (AvgIpc) is 3.74. The number of carbonyl (C=O) groups excluding carboxylic acids is 4. The number of aliphatic hydroxyl groups excluding tert-OH is 1. The van der Waals surface area contributed by atoms with Crippen LogP contribution in [-0.2, 0) is 28.7 Å². The van der Waals surface area contributed by atoms with Crippen LogP contribution in [0, 0.1) is 24.7 Å². The predicted octanol–water partition coefficient (Wildman–Crippen LogP) is 5.32. The lowest BCUT2D eigenvalue weighted by Crippen LogP contribution is -2.59. The van der Waals surface area contributed by atoms with Crippen molar-refractivity contribution in [3.05, 3.63) is 90.0 Å². The Labute approximate surface area is 299 Å². The Balaban J connectivity index is 1.52. The molecule has 11 heteroatoms. The van der Waals surface area contributed by atoms with Crippen LogP contribution in [0.3, 0.4) is 0 Å². The number of carbonyl (C=O) groups is 4. The van der Waals surface area contributed by atoms with Gasteiger partial charge in [0, 0.05) is 13.0 Å². The molecule has 0 aromatic heterocycles. The van der Waals surface area contributed by atoms with Crippen molar-refractivity contribution in [2.45, 2.75) is 82.7 Å². The minimum absolute atomic E-state index is 0.0981. The number of nitrogens with zero attached hydrogens (tertiary/aromatic N) is 2. The van der Waals surface area contributed by atoms with Crippen LogP contribution in [0.5, 0.6) is 0 Å². The standard InChI is InChI=1S/C39H48ClN3O7/c1-6-8-17-31(45)49-23-29(26-14-10-9-11-15-26)41-36(46)32-30-18-19-39(50-30)33(32)37(47)43(27(22-44)21-24(3)4)35(39)38(48)42(20-7-2)34-25(5)13-12-16-28(34)40/h6-7,9-16,24,27,29-30,32-33,35,44H,1-2,8,17-23H2,3-5H3,(H,41,46)/t27-,29-,30+,32-,33-,35+,39-/m1/s1. The van der Waals surface area contributed by atoms with E-state index in [9.17, 15) is 24.3 Å². The minimum atomic E-state index is -1.31. The van der Waals surface area contributed by atoms with Gasteiger partial charge in [0.2, 0.25) is 11.8 Å². The maximum absolute atomic E-state index is 15.0. The molecule has 10 nitrogen and oxygen atoms in total. The van der Waals surface area contributed by atoms with Crippen LogP contribution in [0.1, 0.15) is 63.1 Å². The van der Waals surface area contributed by atoms with E-state index in [0.717, 1.165) is 11.1 Å². The fraction of sp³-hybridized carbons (Fsp3) is 0.487. The summed E-state index contributed by atoms with van der Waals surface area (Å²) in [6, 6.07) is 12.1. The van der Waals surface area contributed by atoms with Gasteiger partial charge in [0.05, 0.1) is 47.3 Å². The molecule has 3 fully saturated rings. The largest absolute Gasteiger partial charge is 0.463 e. The van der Waals surface area contributed by atoms with E-state index in [0.29, 0.717) is 36.4 Å². The van der Waals surface area contributed by atoms with Crippen molar-refractivity contribution in [2.75, 3.05) is 24.7 Å². The van der Waals surface area contributed by atoms with E-state index in [-0.39, 0.29) is 32.1 Å². The van der Waals surface area contributed by atoms with Crippen molar-refractivity contribution in [1.29, 1.82) is 0 Å². The Hall–Kier alpha value is -3.99. The molecule has 50 heavy (non-hydrogen) atoms. The number of likely N-dealkylation sites (tertiary alicyclic amines) is 1. The topological polar surface area (TPSA) is 125 Å². The summed E-state index contributed by atoms with van der Waals surface area (Å²) in [5.74, 6) is -3.42. The average molecular weight is 706 g/mol. The van der Waals surface area contributed by atoms with Crippen LogP contribution in [0.4, 0.5) is 5.69 Å². The molecule has 3 heterocycles. The monoisotopic (exact) mass is 705 g/mol. The SMILES string of the molecule is C=CCCC(=O)OC[C@@H](NC(=O)[C@@H]1[C@@H]2CC[C@]3(O2)[C@H](C(=O)N(CC=C)c2c(C)cccc2Cl)N([C@@H](CO)CC(C)C)C(=O)[C@@H]13)c1ccccc1. The van der Waals surface area contributed by atoms with Gasteiger partial charge in [-0.2, -0.15) is 0 Å². The van der Waals surface area contributed by atoms with E-state index in [1.807, 2.05) is 57.2 Å². The number of halogens is 1. The van der Waals surface area contributed by atoms with Gasteiger partial charge in [-0.05, 0) is 55.7 Å². The van der Waals surface area contributed by atoms with Crippen molar-refractivity contribution in [3.8, 4) is 0 Å². The maximum atomic E-state index is 15.0. The minimum Gasteiger partial charge on any atom is -0.463 e. The third-order valence-corrected chi connectivity index (χ3v) is 10.4. The Morgan fingerprint density at radius 1 is 1.16 bits per heavy atom. The van der Waals surface area contributed by atoms with Crippen molar-refractivity contribution in [1.82, 2.24) is 10.2 Å². The van der Waals surface area contributed by atoms with E-state index in [4.69, 9.17) is 21.1 Å². The molecule has 7 atom stereocenters. The number of nitrogens with one attached hydrogen (secondary N) is 1. The molecule has 0 unspecified atom stereocenters. The fourth-order valence-electron chi connectivity index (χ4n) is 8.06. The lowest BCUT2D eigenvalue weighted by molar-refractivity contribution is -0.146. The Morgan fingerprint density at radius 3 is 2.54 bits per heavy atom. The first-order valence-electron chi connectivity index (χ1n) is 17.4.